The highest BCUT2D eigenvalue weighted by Gasteiger charge is 2.24. The third kappa shape index (κ3) is 3.53. The summed E-state index contributed by atoms with van der Waals surface area (Å²) >= 11 is 1.66. The minimum absolute atomic E-state index is 0.0909. The van der Waals surface area contributed by atoms with Crippen LogP contribution in [0, 0.1) is 5.92 Å². The summed E-state index contributed by atoms with van der Waals surface area (Å²) in [7, 11) is 0. The Morgan fingerprint density at radius 2 is 2.33 bits per heavy atom. The van der Waals surface area contributed by atoms with E-state index in [4.69, 9.17) is 4.74 Å². The van der Waals surface area contributed by atoms with Crippen molar-refractivity contribution >= 4 is 11.3 Å². The van der Waals surface area contributed by atoms with E-state index in [9.17, 15) is 5.11 Å². The van der Waals surface area contributed by atoms with Crippen LogP contribution in [0.3, 0.4) is 0 Å². The zero-order valence-corrected chi connectivity index (χ0v) is 12.3. The van der Waals surface area contributed by atoms with E-state index in [-0.39, 0.29) is 17.4 Å². The van der Waals surface area contributed by atoms with Crippen molar-refractivity contribution in [2.75, 3.05) is 13.2 Å². The third-order valence-corrected chi connectivity index (χ3v) is 4.31. The number of aromatic nitrogens is 1. The van der Waals surface area contributed by atoms with E-state index in [0.717, 1.165) is 30.2 Å². The summed E-state index contributed by atoms with van der Waals surface area (Å²) in [6, 6.07) is 0. The Labute approximate surface area is 113 Å². The van der Waals surface area contributed by atoms with Gasteiger partial charge in [-0.05, 0) is 12.8 Å². The van der Waals surface area contributed by atoms with Crippen molar-refractivity contribution in [3.63, 3.8) is 0 Å². The van der Waals surface area contributed by atoms with Gasteiger partial charge in [0.1, 0.15) is 0 Å². The average molecular weight is 269 g/mol. The van der Waals surface area contributed by atoms with E-state index in [1.54, 1.807) is 11.3 Å². The van der Waals surface area contributed by atoms with E-state index in [2.05, 4.69) is 31.1 Å². The molecule has 1 fully saturated rings. The SMILES string of the molecule is CC(C)(C)c1csc(CC(O)C2CCCOC2)n1. The minimum atomic E-state index is -0.315. The van der Waals surface area contributed by atoms with E-state index in [1.807, 2.05) is 0 Å². The number of rotatable bonds is 3. The van der Waals surface area contributed by atoms with Crippen LogP contribution in [-0.2, 0) is 16.6 Å². The Hall–Kier alpha value is -0.450. The van der Waals surface area contributed by atoms with Crippen molar-refractivity contribution in [1.29, 1.82) is 0 Å². The molecule has 2 rings (SSSR count). The molecule has 4 heteroatoms. The van der Waals surface area contributed by atoms with Crippen LogP contribution < -0.4 is 0 Å². The predicted octanol–water partition coefficient (Wildman–Crippen LogP) is 2.77. The largest absolute Gasteiger partial charge is 0.392 e. The van der Waals surface area contributed by atoms with Gasteiger partial charge in [-0.2, -0.15) is 0 Å². The summed E-state index contributed by atoms with van der Waals surface area (Å²) in [6.07, 6.45) is 2.48. The lowest BCUT2D eigenvalue weighted by Gasteiger charge is -2.26. The topological polar surface area (TPSA) is 42.4 Å². The molecule has 1 aliphatic rings. The molecule has 0 radical (unpaired) electrons. The van der Waals surface area contributed by atoms with Crippen molar-refractivity contribution in [1.82, 2.24) is 4.98 Å². The van der Waals surface area contributed by atoms with Gasteiger partial charge in [-0.15, -0.1) is 11.3 Å². The fourth-order valence-electron chi connectivity index (χ4n) is 2.16. The van der Waals surface area contributed by atoms with Crippen LogP contribution in [0.5, 0.6) is 0 Å². The molecule has 18 heavy (non-hydrogen) atoms. The predicted molar refractivity (Wildman–Crippen MR) is 74.1 cm³/mol. The number of aliphatic hydroxyl groups excluding tert-OH is 1. The van der Waals surface area contributed by atoms with Gasteiger partial charge in [-0.25, -0.2) is 4.98 Å². The molecule has 0 aromatic carbocycles. The Morgan fingerprint density at radius 1 is 1.56 bits per heavy atom. The van der Waals surface area contributed by atoms with Crippen LogP contribution in [0.1, 0.15) is 44.3 Å². The smallest absolute Gasteiger partial charge is 0.0954 e. The van der Waals surface area contributed by atoms with Crippen LogP contribution in [0.2, 0.25) is 0 Å². The highest BCUT2D eigenvalue weighted by atomic mass is 32.1. The number of thiazole rings is 1. The first-order valence-corrected chi connectivity index (χ1v) is 7.55. The first kappa shape index (κ1) is 14.0. The zero-order chi connectivity index (χ0) is 13.2. The van der Waals surface area contributed by atoms with Crippen molar-refractivity contribution < 1.29 is 9.84 Å². The standard InChI is InChI=1S/C14H23NO2S/c1-14(2,3)12-9-18-13(15-12)7-11(16)10-5-4-6-17-8-10/h9-11,16H,4-8H2,1-3H3. The van der Waals surface area contributed by atoms with Crippen LogP contribution in [-0.4, -0.2) is 29.4 Å². The number of aliphatic hydroxyl groups is 1. The highest BCUT2D eigenvalue weighted by molar-refractivity contribution is 7.09. The third-order valence-electron chi connectivity index (χ3n) is 3.44. The number of hydrogen-bond donors (Lipinski definition) is 1. The van der Waals surface area contributed by atoms with E-state index in [0.29, 0.717) is 13.0 Å². The Bertz CT molecular complexity index is 377. The van der Waals surface area contributed by atoms with Crippen molar-refractivity contribution in [2.45, 2.75) is 51.6 Å². The number of ether oxygens (including phenoxy) is 1. The minimum Gasteiger partial charge on any atom is -0.392 e. The van der Waals surface area contributed by atoms with Crippen LogP contribution in [0.25, 0.3) is 0 Å². The molecule has 1 N–H and O–H groups in total. The van der Waals surface area contributed by atoms with E-state index in [1.165, 1.54) is 0 Å². The van der Waals surface area contributed by atoms with Crippen molar-refractivity contribution in [2.24, 2.45) is 5.92 Å². The van der Waals surface area contributed by atoms with E-state index >= 15 is 0 Å². The van der Waals surface area contributed by atoms with Crippen LogP contribution in [0.15, 0.2) is 5.38 Å². The van der Waals surface area contributed by atoms with Crippen LogP contribution >= 0.6 is 11.3 Å². The summed E-state index contributed by atoms with van der Waals surface area (Å²) in [6.45, 7) is 8.03. The Kier molecular flexibility index (Phi) is 4.41. The molecule has 1 aliphatic heterocycles. The fraction of sp³-hybridized carbons (Fsp3) is 0.786. The summed E-state index contributed by atoms with van der Waals surface area (Å²) < 4.78 is 5.42. The molecule has 3 nitrogen and oxygen atoms in total. The Morgan fingerprint density at radius 3 is 2.89 bits per heavy atom. The van der Waals surface area contributed by atoms with Crippen molar-refractivity contribution in [3.8, 4) is 0 Å². The van der Waals surface area contributed by atoms with Gasteiger partial charge < -0.3 is 9.84 Å². The van der Waals surface area contributed by atoms with Gasteiger partial charge in [-0.3, -0.25) is 0 Å². The Balaban J connectivity index is 1.94. The monoisotopic (exact) mass is 269 g/mol. The zero-order valence-electron chi connectivity index (χ0n) is 11.5. The molecule has 0 aliphatic carbocycles. The van der Waals surface area contributed by atoms with Gasteiger partial charge in [0.25, 0.3) is 0 Å². The molecule has 0 saturated carbocycles. The quantitative estimate of drug-likeness (QED) is 0.917. The molecule has 2 unspecified atom stereocenters. The summed E-state index contributed by atoms with van der Waals surface area (Å²) in [4.78, 5) is 4.63. The maximum atomic E-state index is 10.2. The maximum absolute atomic E-state index is 10.2. The summed E-state index contributed by atoms with van der Waals surface area (Å²) in [5, 5.41) is 13.4. The molecule has 2 heterocycles. The molecule has 0 spiro atoms. The molecule has 1 saturated heterocycles. The number of nitrogens with zero attached hydrogens (tertiary/aromatic N) is 1. The maximum Gasteiger partial charge on any atom is 0.0954 e. The van der Waals surface area contributed by atoms with Gasteiger partial charge in [0.05, 0.1) is 23.4 Å². The molecule has 1 aromatic heterocycles. The average Bonchev–Trinajstić information content (AvgIpc) is 2.78. The first-order chi connectivity index (χ1) is 8.47. The lowest BCUT2D eigenvalue weighted by Crippen LogP contribution is -2.30. The lowest BCUT2D eigenvalue weighted by atomic mass is 9.93. The van der Waals surface area contributed by atoms with Gasteiger partial charge in [0.2, 0.25) is 0 Å². The van der Waals surface area contributed by atoms with Gasteiger partial charge in [0, 0.05) is 29.7 Å². The molecule has 2 atom stereocenters. The lowest BCUT2D eigenvalue weighted by molar-refractivity contribution is -0.00850. The summed E-state index contributed by atoms with van der Waals surface area (Å²) in [5.41, 5.74) is 1.21. The first-order valence-electron chi connectivity index (χ1n) is 6.67. The molecular formula is C14H23NO2S. The van der Waals surface area contributed by atoms with Crippen molar-refractivity contribution in [3.05, 3.63) is 16.1 Å². The molecule has 102 valence electrons. The molecule has 0 bridgehead atoms. The molecular weight excluding hydrogens is 246 g/mol. The second-order valence-electron chi connectivity index (χ2n) is 6.13. The van der Waals surface area contributed by atoms with Gasteiger partial charge in [0.15, 0.2) is 0 Å². The summed E-state index contributed by atoms with van der Waals surface area (Å²) in [5.74, 6) is 0.278. The molecule has 1 aromatic rings. The second kappa shape index (κ2) is 5.68. The van der Waals surface area contributed by atoms with Gasteiger partial charge in [-0.1, -0.05) is 20.8 Å². The highest BCUT2D eigenvalue weighted by Crippen LogP contribution is 2.26. The van der Waals surface area contributed by atoms with Crippen LogP contribution in [0.4, 0.5) is 0 Å². The molecule has 0 amide bonds. The number of hydrogen-bond acceptors (Lipinski definition) is 4. The second-order valence-corrected chi connectivity index (χ2v) is 7.07. The van der Waals surface area contributed by atoms with Gasteiger partial charge >= 0.3 is 0 Å². The van der Waals surface area contributed by atoms with E-state index < -0.39 is 0 Å². The normalized spacial score (nSPS) is 23.0. The fourth-order valence-corrected chi connectivity index (χ4v) is 3.24.